The number of nitrogens with two attached hydrogens (primary N) is 1. The summed E-state index contributed by atoms with van der Waals surface area (Å²) in [5, 5.41) is 2.22. The predicted molar refractivity (Wildman–Crippen MR) is 79.0 cm³/mol. The first kappa shape index (κ1) is 12.7. The number of hydrogen-bond acceptors (Lipinski definition) is 3. The number of hydrogen-bond donors (Lipinski definition) is 1. The van der Waals surface area contributed by atoms with Crippen LogP contribution in [0.2, 0.25) is 0 Å². The van der Waals surface area contributed by atoms with Gasteiger partial charge in [0, 0.05) is 48.1 Å². The number of nitrogen functional groups attached to an aromatic ring is 1. The van der Waals surface area contributed by atoms with Crippen LogP contribution >= 0.6 is 0 Å². The minimum atomic E-state index is 0.795. The first-order valence-corrected chi connectivity index (χ1v) is 6.57. The lowest BCUT2D eigenvalue weighted by Crippen LogP contribution is -2.18. The molecule has 3 heteroatoms. The van der Waals surface area contributed by atoms with Crippen LogP contribution in [0.3, 0.4) is 0 Å². The van der Waals surface area contributed by atoms with E-state index < -0.39 is 0 Å². The van der Waals surface area contributed by atoms with Crippen LogP contribution in [0.25, 0.3) is 10.8 Å². The van der Waals surface area contributed by atoms with Crippen molar-refractivity contribution in [3.8, 4) is 0 Å². The molecule has 0 aliphatic heterocycles. The van der Waals surface area contributed by atoms with Gasteiger partial charge in [0.15, 0.2) is 0 Å². The number of nitrogens with zero attached hydrogens (tertiary/aromatic N) is 2. The maximum absolute atomic E-state index is 5.99. The zero-order chi connectivity index (χ0) is 13.0. The first-order chi connectivity index (χ1) is 8.74. The minimum Gasteiger partial charge on any atom is -0.398 e. The Labute approximate surface area is 109 Å². The Balaban J connectivity index is 2.30. The van der Waals surface area contributed by atoms with Crippen molar-refractivity contribution in [1.29, 1.82) is 0 Å². The molecule has 2 rings (SSSR count). The van der Waals surface area contributed by atoms with Gasteiger partial charge in [-0.25, -0.2) is 0 Å². The van der Waals surface area contributed by atoms with Crippen molar-refractivity contribution in [3.63, 3.8) is 0 Å². The third-order valence-electron chi connectivity index (χ3n) is 3.34. The number of rotatable bonds is 5. The van der Waals surface area contributed by atoms with Gasteiger partial charge in [0.1, 0.15) is 0 Å². The van der Waals surface area contributed by atoms with Crippen LogP contribution in [0.15, 0.2) is 30.6 Å². The highest BCUT2D eigenvalue weighted by atomic mass is 15.1. The summed E-state index contributed by atoms with van der Waals surface area (Å²) in [5.41, 5.74) is 8.02. The molecule has 0 amide bonds. The lowest BCUT2D eigenvalue weighted by Gasteiger charge is -2.21. The highest BCUT2D eigenvalue weighted by Crippen LogP contribution is 2.29. The summed E-state index contributed by atoms with van der Waals surface area (Å²) >= 11 is 0. The van der Waals surface area contributed by atoms with Gasteiger partial charge in [0.25, 0.3) is 0 Å². The second kappa shape index (κ2) is 5.71. The topological polar surface area (TPSA) is 42.1 Å². The van der Waals surface area contributed by atoms with E-state index in [0.29, 0.717) is 0 Å². The number of fused-ring (bicyclic) bond motifs is 1. The molecule has 18 heavy (non-hydrogen) atoms. The number of benzene rings is 1. The normalized spacial score (nSPS) is 10.8. The van der Waals surface area contributed by atoms with E-state index in [1.165, 1.54) is 30.3 Å². The highest BCUT2D eigenvalue weighted by Gasteiger charge is 2.07. The summed E-state index contributed by atoms with van der Waals surface area (Å²) < 4.78 is 0. The van der Waals surface area contributed by atoms with Crippen molar-refractivity contribution < 1.29 is 0 Å². The molecule has 0 aliphatic rings. The molecule has 96 valence electrons. The summed E-state index contributed by atoms with van der Waals surface area (Å²) in [4.78, 5) is 6.45. The number of pyridine rings is 1. The van der Waals surface area contributed by atoms with Gasteiger partial charge >= 0.3 is 0 Å². The molecular formula is C15H21N3. The molecule has 0 saturated heterocycles. The van der Waals surface area contributed by atoms with Crippen LogP contribution in [0.5, 0.6) is 0 Å². The van der Waals surface area contributed by atoms with E-state index >= 15 is 0 Å². The van der Waals surface area contributed by atoms with Gasteiger partial charge in [0.05, 0.1) is 0 Å². The Morgan fingerprint density at radius 2 is 2.00 bits per heavy atom. The molecule has 3 nitrogen and oxygen atoms in total. The molecule has 0 fully saturated rings. The quantitative estimate of drug-likeness (QED) is 0.646. The molecule has 2 N–H and O–H groups in total. The molecule has 0 bridgehead atoms. The van der Waals surface area contributed by atoms with Crippen molar-refractivity contribution in [2.24, 2.45) is 0 Å². The van der Waals surface area contributed by atoms with Crippen molar-refractivity contribution >= 4 is 22.1 Å². The second-order valence-electron chi connectivity index (χ2n) is 4.72. The number of unbranched alkanes of at least 4 members (excludes halogenated alkanes) is 2. The summed E-state index contributed by atoms with van der Waals surface area (Å²) in [5.74, 6) is 0. The molecule has 0 aliphatic carbocycles. The summed E-state index contributed by atoms with van der Waals surface area (Å²) in [7, 11) is 2.14. The Morgan fingerprint density at radius 1 is 1.17 bits per heavy atom. The fourth-order valence-electron chi connectivity index (χ4n) is 2.25. The SMILES string of the molecule is CCCCCN(C)c1ccc(N)c2cnccc12. The Bertz CT molecular complexity index is 522. The highest BCUT2D eigenvalue weighted by molar-refractivity contribution is 6.00. The van der Waals surface area contributed by atoms with Gasteiger partial charge < -0.3 is 10.6 Å². The third-order valence-corrected chi connectivity index (χ3v) is 3.34. The standard InChI is InChI=1S/C15H21N3/c1-3-4-5-10-18(2)15-7-6-14(16)13-11-17-9-8-12(13)15/h6-9,11H,3-5,10,16H2,1-2H3. The van der Waals surface area contributed by atoms with Gasteiger partial charge in [-0.05, 0) is 24.6 Å². The molecular weight excluding hydrogens is 222 g/mol. The van der Waals surface area contributed by atoms with Crippen LogP contribution in [0.1, 0.15) is 26.2 Å². The Hall–Kier alpha value is -1.77. The molecule has 2 aromatic rings. The van der Waals surface area contributed by atoms with Crippen molar-refractivity contribution in [2.45, 2.75) is 26.2 Å². The summed E-state index contributed by atoms with van der Waals surface area (Å²) in [6.07, 6.45) is 7.42. The lowest BCUT2D eigenvalue weighted by atomic mass is 10.1. The summed E-state index contributed by atoms with van der Waals surface area (Å²) in [6.45, 7) is 3.31. The molecule has 0 unspecified atom stereocenters. The molecule has 0 saturated carbocycles. The zero-order valence-corrected chi connectivity index (χ0v) is 11.2. The monoisotopic (exact) mass is 243 g/mol. The molecule has 0 radical (unpaired) electrons. The van der Waals surface area contributed by atoms with Crippen molar-refractivity contribution in [3.05, 3.63) is 30.6 Å². The smallest absolute Gasteiger partial charge is 0.0445 e. The van der Waals surface area contributed by atoms with Crippen LogP contribution in [0.4, 0.5) is 11.4 Å². The van der Waals surface area contributed by atoms with Crippen molar-refractivity contribution in [1.82, 2.24) is 4.98 Å². The Kier molecular flexibility index (Phi) is 4.03. The number of aromatic nitrogens is 1. The van der Waals surface area contributed by atoms with Crippen LogP contribution in [0, 0.1) is 0 Å². The molecule has 1 aromatic heterocycles. The molecule has 0 atom stereocenters. The van der Waals surface area contributed by atoms with Crippen molar-refractivity contribution in [2.75, 3.05) is 24.2 Å². The predicted octanol–water partition coefficient (Wildman–Crippen LogP) is 3.44. The molecule has 1 heterocycles. The van der Waals surface area contributed by atoms with Gasteiger partial charge in [-0.3, -0.25) is 4.98 Å². The van der Waals surface area contributed by atoms with Gasteiger partial charge in [0.2, 0.25) is 0 Å². The fourth-order valence-corrected chi connectivity index (χ4v) is 2.25. The average molecular weight is 243 g/mol. The maximum Gasteiger partial charge on any atom is 0.0445 e. The maximum atomic E-state index is 5.99. The fraction of sp³-hybridized carbons (Fsp3) is 0.400. The molecule has 0 spiro atoms. The molecule has 1 aromatic carbocycles. The first-order valence-electron chi connectivity index (χ1n) is 6.57. The number of anilines is 2. The van der Waals surface area contributed by atoms with Crippen LogP contribution < -0.4 is 10.6 Å². The van der Waals surface area contributed by atoms with E-state index in [-0.39, 0.29) is 0 Å². The van der Waals surface area contributed by atoms with E-state index in [1.54, 1.807) is 0 Å². The summed E-state index contributed by atoms with van der Waals surface area (Å²) in [6, 6.07) is 6.11. The van der Waals surface area contributed by atoms with Gasteiger partial charge in [-0.1, -0.05) is 19.8 Å². The van der Waals surface area contributed by atoms with Gasteiger partial charge in [-0.2, -0.15) is 0 Å². The van der Waals surface area contributed by atoms with Crippen LogP contribution in [-0.2, 0) is 0 Å². The average Bonchev–Trinajstić information content (AvgIpc) is 2.39. The van der Waals surface area contributed by atoms with E-state index in [4.69, 9.17) is 5.73 Å². The third kappa shape index (κ3) is 2.55. The van der Waals surface area contributed by atoms with E-state index in [0.717, 1.165) is 17.6 Å². The largest absolute Gasteiger partial charge is 0.398 e. The van der Waals surface area contributed by atoms with E-state index in [1.807, 2.05) is 24.5 Å². The van der Waals surface area contributed by atoms with E-state index in [9.17, 15) is 0 Å². The lowest BCUT2D eigenvalue weighted by molar-refractivity contribution is 0.706. The Morgan fingerprint density at radius 3 is 2.78 bits per heavy atom. The second-order valence-corrected chi connectivity index (χ2v) is 4.72. The zero-order valence-electron chi connectivity index (χ0n) is 11.2. The minimum absolute atomic E-state index is 0.795. The van der Waals surface area contributed by atoms with Gasteiger partial charge in [-0.15, -0.1) is 0 Å². The van der Waals surface area contributed by atoms with E-state index in [2.05, 4.69) is 29.9 Å². The van der Waals surface area contributed by atoms with Crippen LogP contribution in [-0.4, -0.2) is 18.6 Å².